The molecule has 4 aromatic rings. The molecule has 2 bridgehead atoms. The summed E-state index contributed by atoms with van der Waals surface area (Å²) in [6.07, 6.45) is 3.56. The Bertz CT molecular complexity index is 1620. The molecule has 0 N–H and O–H groups in total. The predicted molar refractivity (Wildman–Crippen MR) is 141 cm³/mol. The highest BCUT2D eigenvalue weighted by Crippen LogP contribution is 2.62. The molecule has 3 aromatic carbocycles. The predicted octanol–water partition coefficient (Wildman–Crippen LogP) is 7.15. The van der Waals surface area contributed by atoms with E-state index >= 15 is 0 Å². The number of hydrogen-bond donors (Lipinski definition) is 0. The van der Waals surface area contributed by atoms with Crippen LogP contribution >= 0.6 is 0 Å². The molecular formula is C30H26F3NO4S. The number of pyridine rings is 1. The fourth-order valence-corrected chi connectivity index (χ4v) is 6.91. The van der Waals surface area contributed by atoms with E-state index in [0.29, 0.717) is 29.3 Å². The van der Waals surface area contributed by atoms with E-state index in [-0.39, 0.29) is 18.3 Å². The average Bonchev–Trinajstić information content (AvgIpc) is 3.55. The largest absolute Gasteiger partial charge is 0.534 e. The van der Waals surface area contributed by atoms with Crippen LogP contribution in [0.1, 0.15) is 42.5 Å². The topological polar surface area (TPSA) is 65.5 Å². The van der Waals surface area contributed by atoms with E-state index < -0.39 is 21.0 Å². The lowest BCUT2D eigenvalue weighted by Gasteiger charge is -2.40. The minimum Gasteiger partial charge on any atom is -0.487 e. The SMILES string of the molecule is O=S(=O)(Oc1ccc(OCc2ccc3ccccc3n2)cc1C1(c2ccccc2)CC2CCC1C2)C(F)(F)F. The summed E-state index contributed by atoms with van der Waals surface area (Å²) >= 11 is 0. The van der Waals surface area contributed by atoms with E-state index in [1.54, 1.807) is 6.07 Å². The third-order valence-electron chi connectivity index (χ3n) is 8.10. The molecule has 3 unspecified atom stereocenters. The standard InChI is InChI=1S/C30H26F3NO4S/c31-30(32,33)39(35,36)38-28-15-14-25(37-19-24-13-11-21-6-4-5-9-27(21)34-24)17-26(28)29(22-7-2-1-3-8-22)18-20-10-12-23(29)16-20/h1-9,11,13-15,17,20,23H,10,12,16,18-19H2. The Kier molecular flexibility index (Phi) is 6.29. The smallest absolute Gasteiger partial charge is 0.487 e. The number of fused-ring (bicyclic) bond motifs is 3. The Morgan fingerprint density at radius 1 is 0.923 bits per heavy atom. The quantitative estimate of drug-likeness (QED) is 0.180. The number of halogens is 3. The van der Waals surface area contributed by atoms with Crippen LogP contribution in [0.15, 0.2) is 84.9 Å². The van der Waals surface area contributed by atoms with Gasteiger partial charge in [0.15, 0.2) is 0 Å². The van der Waals surface area contributed by atoms with Crippen molar-refractivity contribution in [2.75, 3.05) is 0 Å². The molecule has 39 heavy (non-hydrogen) atoms. The van der Waals surface area contributed by atoms with Crippen molar-refractivity contribution < 1.29 is 30.5 Å². The molecule has 3 atom stereocenters. The number of benzene rings is 3. The maximum atomic E-state index is 13.4. The first-order valence-electron chi connectivity index (χ1n) is 12.8. The van der Waals surface area contributed by atoms with Gasteiger partial charge in [-0.15, -0.1) is 0 Å². The first-order chi connectivity index (χ1) is 18.7. The molecule has 202 valence electrons. The number of ether oxygens (including phenoxy) is 1. The highest BCUT2D eigenvalue weighted by atomic mass is 32.2. The van der Waals surface area contributed by atoms with Gasteiger partial charge in [0.25, 0.3) is 0 Å². The van der Waals surface area contributed by atoms with Crippen molar-refractivity contribution in [2.45, 2.75) is 43.2 Å². The summed E-state index contributed by atoms with van der Waals surface area (Å²) in [5, 5.41) is 0.997. The third kappa shape index (κ3) is 4.62. The zero-order chi connectivity index (χ0) is 27.3. The van der Waals surface area contributed by atoms with Crippen LogP contribution in [-0.2, 0) is 22.1 Å². The molecule has 2 fully saturated rings. The van der Waals surface area contributed by atoms with Crippen LogP contribution in [0.25, 0.3) is 10.9 Å². The van der Waals surface area contributed by atoms with Gasteiger partial charge < -0.3 is 8.92 Å². The minimum absolute atomic E-state index is 0.135. The van der Waals surface area contributed by atoms with Crippen LogP contribution in [0, 0.1) is 11.8 Å². The second-order valence-corrected chi connectivity index (χ2v) is 11.9. The Morgan fingerprint density at radius 2 is 1.69 bits per heavy atom. The summed E-state index contributed by atoms with van der Waals surface area (Å²) < 4.78 is 75.1. The van der Waals surface area contributed by atoms with Gasteiger partial charge in [-0.3, -0.25) is 0 Å². The number of alkyl halides is 3. The van der Waals surface area contributed by atoms with Crippen LogP contribution < -0.4 is 8.92 Å². The second-order valence-electron chi connectivity index (χ2n) is 10.3. The van der Waals surface area contributed by atoms with Crippen LogP contribution in [0.4, 0.5) is 13.2 Å². The van der Waals surface area contributed by atoms with Crippen molar-refractivity contribution in [3.63, 3.8) is 0 Å². The molecule has 9 heteroatoms. The van der Waals surface area contributed by atoms with Gasteiger partial charge in [-0.2, -0.15) is 21.6 Å². The van der Waals surface area contributed by atoms with Gasteiger partial charge in [0.2, 0.25) is 0 Å². The first-order valence-corrected chi connectivity index (χ1v) is 14.2. The maximum Gasteiger partial charge on any atom is 0.534 e. The van der Waals surface area contributed by atoms with Gasteiger partial charge in [0, 0.05) is 16.4 Å². The highest BCUT2D eigenvalue weighted by molar-refractivity contribution is 7.88. The molecule has 0 amide bonds. The second kappa shape index (κ2) is 9.55. The Balaban J connectivity index is 1.42. The van der Waals surface area contributed by atoms with Crippen LogP contribution in [0.2, 0.25) is 0 Å². The summed E-state index contributed by atoms with van der Waals surface area (Å²) in [6.45, 7) is 0.135. The molecule has 6 rings (SSSR count). The molecule has 1 heterocycles. The van der Waals surface area contributed by atoms with Gasteiger partial charge in [0.1, 0.15) is 18.1 Å². The molecule has 0 saturated heterocycles. The van der Waals surface area contributed by atoms with Gasteiger partial charge in [-0.1, -0.05) is 61.0 Å². The van der Waals surface area contributed by atoms with E-state index in [1.165, 1.54) is 12.1 Å². The summed E-state index contributed by atoms with van der Waals surface area (Å²) in [5.41, 5.74) is -3.40. The Hall–Kier alpha value is -3.59. The molecule has 2 aliphatic rings. The molecule has 2 aliphatic carbocycles. The third-order valence-corrected chi connectivity index (χ3v) is 9.06. The monoisotopic (exact) mass is 553 g/mol. The van der Waals surface area contributed by atoms with Crippen molar-refractivity contribution in [3.8, 4) is 11.5 Å². The number of aromatic nitrogens is 1. The Labute approximate surface area is 224 Å². The lowest BCUT2D eigenvalue weighted by molar-refractivity contribution is -0.0500. The van der Waals surface area contributed by atoms with Crippen molar-refractivity contribution in [3.05, 3.63) is 102 Å². The lowest BCUT2D eigenvalue weighted by atomic mass is 9.64. The van der Waals surface area contributed by atoms with Gasteiger partial charge >= 0.3 is 15.6 Å². The number of para-hydroxylation sites is 1. The van der Waals surface area contributed by atoms with Crippen molar-refractivity contribution in [1.29, 1.82) is 0 Å². The molecule has 1 aromatic heterocycles. The maximum absolute atomic E-state index is 13.4. The van der Waals surface area contributed by atoms with Crippen molar-refractivity contribution in [1.82, 2.24) is 4.98 Å². The van der Waals surface area contributed by atoms with Gasteiger partial charge in [0.05, 0.1) is 11.2 Å². The zero-order valence-electron chi connectivity index (χ0n) is 20.9. The lowest BCUT2D eigenvalue weighted by Crippen LogP contribution is -2.35. The zero-order valence-corrected chi connectivity index (χ0v) is 21.7. The molecule has 0 aliphatic heterocycles. The number of rotatable bonds is 7. The first kappa shape index (κ1) is 25.7. The minimum atomic E-state index is -5.86. The average molecular weight is 554 g/mol. The van der Waals surface area contributed by atoms with Crippen LogP contribution in [0.3, 0.4) is 0 Å². The van der Waals surface area contributed by atoms with Gasteiger partial charge in [-0.05, 0) is 67.0 Å². The van der Waals surface area contributed by atoms with E-state index in [9.17, 15) is 21.6 Å². The fraction of sp³-hybridized carbons (Fsp3) is 0.300. The molecule has 2 saturated carbocycles. The molecule has 5 nitrogen and oxygen atoms in total. The normalized spacial score (nSPS) is 22.7. The fourth-order valence-electron chi connectivity index (χ4n) is 6.44. The van der Waals surface area contributed by atoms with E-state index in [4.69, 9.17) is 8.92 Å². The van der Waals surface area contributed by atoms with E-state index in [1.807, 2.05) is 66.7 Å². The van der Waals surface area contributed by atoms with Crippen molar-refractivity contribution >= 4 is 21.0 Å². The molecule has 0 radical (unpaired) electrons. The van der Waals surface area contributed by atoms with Gasteiger partial charge in [-0.25, -0.2) is 4.98 Å². The molecular weight excluding hydrogens is 527 g/mol. The van der Waals surface area contributed by atoms with E-state index in [2.05, 4.69) is 4.98 Å². The highest BCUT2D eigenvalue weighted by Gasteiger charge is 2.55. The Morgan fingerprint density at radius 3 is 2.41 bits per heavy atom. The molecule has 0 spiro atoms. The summed E-state index contributed by atoms with van der Waals surface area (Å²) in [5.74, 6) is 0.613. The van der Waals surface area contributed by atoms with Crippen LogP contribution in [0.5, 0.6) is 11.5 Å². The summed E-state index contributed by atoms with van der Waals surface area (Å²) in [6, 6.07) is 25.4. The van der Waals surface area contributed by atoms with E-state index in [0.717, 1.165) is 35.7 Å². The van der Waals surface area contributed by atoms with Crippen molar-refractivity contribution in [2.24, 2.45) is 11.8 Å². The number of hydrogen-bond acceptors (Lipinski definition) is 5. The van der Waals surface area contributed by atoms with Crippen LogP contribution in [-0.4, -0.2) is 18.9 Å². The summed E-state index contributed by atoms with van der Waals surface area (Å²) in [4.78, 5) is 4.62. The summed E-state index contributed by atoms with van der Waals surface area (Å²) in [7, 11) is -5.86. The number of nitrogens with zero attached hydrogens (tertiary/aromatic N) is 1.